The van der Waals surface area contributed by atoms with Crippen molar-refractivity contribution in [3.8, 4) is 0 Å². The number of hydrogen-bond acceptors (Lipinski definition) is 15. The largest absolute Gasteiger partial charge is 0.469 e. The lowest BCUT2D eigenvalue weighted by atomic mass is 9.77. The predicted molar refractivity (Wildman–Crippen MR) is 222 cm³/mol. The summed E-state index contributed by atoms with van der Waals surface area (Å²) in [7, 11) is 1.30. The van der Waals surface area contributed by atoms with E-state index in [4.69, 9.17) is 47.4 Å². The zero-order valence-corrected chi connectivity index (χ0v) is 36.4. The van der Waals surface area contributed by atoms with Crippen LogP contribution in [0.4, 0.5) is 4.79 Å². The molecule has 0 radical (unpaired) electrons. The first-order valence-electron chi connectivity index (χ1n) is 21.8. The summed E-state index contributed by atoms with van der Waals surface area (Å²) >= 11 is 0. The number of aliphatic hydroxyl groups is 2. The van der Waals surface area contributed by atoms with E-state index in [2.05, 4.69) is 39.2 Å². The molecule has 3 fully saturated rings. The van der Waals surface area contributed by atoms with Crippen LogP contribution in [-0.2, 0) is 52.2 Å². The molecule has 1 aromatic rings. The third-order valence-electron chi connectivity index (χ3n) is 11.2. The number of alkyl carbamates (subject to hydrolysis) is 1. The van der Waals surface area contributed by atoms with Gasteiger partial charge in [-0.2, -0.15) is 0 Å². The third kappa shape index (κ3) is 14.3. The SMILES string of the molecule is C=CCOC(=O)NC1C(O)[C@@H](O)[C@H](COC(=O)c2ccccc2)O[C@H]1O[C@@H]1CC(C(=O)OC)CC(C=C)C1OC1O[C@@H](C)C(OCCCC)[C@H](OCCCC)[C@@H]1OCCCC. The smallest absolute Gasteiger partial charge is 0.407 e. The van der Waals surface area contributed by atoms with Crippen LogP contribution in [0.3, 0.4) is 0 Å². The fourth-order valence-electron chi connectivity index (χ4n) is 7.72. The van der Waals surface area contributed by atoms with Crippen LogP contribution in [0, 0.1) is 11.8 Å². The molecule has 0 bridgehead atoms. The monoisotopic (exact) mass is 863 g/mol. The minimum absolute atomic E-state index is 0.0598. The highest BCUT2D eigenvalue weighted by atomic mass is 16.7. The molecule has 2 heterocycles. The van der Waals surface area contributed by atoms with Gasteiger partial charge in [-0.3, -0.25) is 4.79 Å². The fraction of sp³-hybridized carbons (Fsp3) is 0.711. The summed E-state index contributed by atoms with van der Waals surface area (Å²) in [5.74, 6) is -2.35. The Kier molecular flexibility index (Phi) is 21.6. The fourth-order valence-corrected chi connectivity index (χ4v) is 7.72. The molecule has 1 amide bonds. The molecule has 2 saturated heterocycles. The van der Waals surface area contributed by atoms with Crippen LogP contribution in [0.2, 0.25) is 0 Å². The van der Waals surface area contributed by atoms with Crippen molar-refractivity contribution >= 4 is 18.0 Å². The van der Waals surface area contributed by atoms with Gasteiger partial charge in [-0.15, -0.1) is 6.58 Å². The van der Waals surface area contributed by atoms with Crippen molar-refractivity contribution < 1.29 is 72.0 Å². The van der Waals surface area contributed by atoms with Gasteiger partial charge >= 0.3 is 18.0 Å². The van der Waals surface area contributed by atoms with Crippen LogP contribution in [0.1, 0.15) is 89.4 Å². The molecule has 1 aliphatic carbocycles. The Morgan fingerprint density at radius 2 is 1.44 bits per heavy atom. The number of benzene rings is 1. The third-order valence-corrected chi connectivity index (χ3v) is 11.2. The van der Waals surface area contributed by atoms with Crippen LogP contribution in [0.25, 0.3) is 0 Å². The minimum Gasteiger partial charge on any atom is -0.469 e. The highest BCUT2D eigenvalue weighted by Gasteiger charge is 2.53. The topological polar surface area (TPSA) is 196 Å². The number of rotatable bonds is 24. The van der Waals surface area contributed by atoms with Crippen LogP contribution < -0.4 is 5.32 Å². The Labute approximate surface area is 360 Å². The first-order chi connectivity index (χ1) is 29.5. The second-order valence-electron chi connectivity index (χ2n) is 15.7. The summed E-state index contributed by atoms with van der Waals surface area (Å²) in [5.41, 5.74) is 0.269. The molecule has 7 unspecified atom stereocenters. The lowest BCUT2D eigenvalue weighted by Gasteiger charge is -2.49. The van der Waals surface area contributed by atoms with Crippen molar-refractivity contribution in [2.24, 2.45) is 11.8 Å². The second kappa shape index (κ2) is 26.2. The van der Waals surface area contributed by atoms with Gasteiger partial charge in [0, 0.05) is 25.7 Å². The Hall–Kier alpha value is -3.45. The van der Waals surface area contributed by atoms with Crippen LogP contribution in [0.5, 0.6) is 0 Å². The van der Waals surface area contributed by atoms with E-state index < -0.39 is 110 Å². The van der Waals surface area contributed by atoms with Crippen LogP contribution in [0.15, 0.2) is 55.6 Å². The van der Waals surface area contributed by atoms with E-state index in [9.17, 15) is 24.6 Å². The van der Waals surface area contributed by atoms with Gasteiger partial charge in [-0.05, 0) is 51.2 Å². The van der Waals surface area contributed by atoms with Crippen LogP contribution >= 0.6 is 0 Å². The normalized spacial score (nSPS) is 32.6. The Balaban J connectivity index is 1.70. The van der Waals surface area contributed by atoms with Gasteiger partial charge in [-0.25, -0.2) is 9.59 Å². The first kappa shape index (κ1) is 50.2. The molecule has 0 aromatic heterocycles. The Morgan fingerprint density at radius 1 is 0.803 bits per heavy atom. The number of carbonyl (C=O) groups is 3. The maximum atomic E-state index is 13.2. The van der Waals surface area contributed by atoms with E-state index in [-0.39, 0.29) is 18.6 Å². The summed E-state index contributed by atoms with van der Waals surface area (Å²) in [4.78, 5) is 39.0. The van der Waals surface area contributed by atoms with E-state index in [0.717, 1.165) is 38.5 Å². The zero-order chi connectivity index (χ0) is 44.3. The zero-order valence-electron chi connectivity index (χ0n) is 36.4. The molecule has 1 saturated carbocycles. The summed E-state index contributed by atoms with van der Waals surface area (Å²) in [6.45, 7) is 16.6. The van der Waals surface area contributed by atoms with Gasteiger partial charge in [0.1, 0.15) is 55.9 Å². The summed E-state index contributed by atoms with van der Waals surface area (Å²) < 4.78 is 61.9. The molecule has 61 heavy (non-hydrogen) atoms. The molecule has 14 atom stereocenters. The first-order valence-corrected chi connectivity index (χ1v) is 21.8. The second-order valence-corrected chi connectivity index (χ2v) is 15.7. The number of unbranched alkanes of at least 4 members (excludes halogenated alkanes) is 3. The highest BCUT2D eigenvalue weighted by molar-refractivity contribution is 5.89. The lowest BCUT2D eigenvalue weighted by molar-refractivity contribution is -0.346. The molecule has 344 valence electrons. The molecule has 3 aliphatic rings. The Morgan fingerprint density at radius 3 is 2.05 bits per heavy atom. The van der Waals surface area contributed by atoms with Crippen molar-refractivity contribution in [1.29, 1.82) is 0 Å². The van der Waals surface area contributed by atoms with Crippen LogP contribution in [-0.4, -0.2) is 142 Å². The molecule has 16 heteroatoms. The molecule has 1 aromatic carbocycles. The molecule has 3 N–H and O–H groups in total. The average molecular weight is 864 g/mol. The molecule has 16 nitrogen and oxygen atoms in total. The number of methoxy groups -OCH3 is 1. The molecular weight excluding hydrogens is 794 g/mol. The van der Waals surface area contributed by atoms with Gasteiger partial charge in [-0.1, -0.05) is 77.0 Å². The van der Waals surface area contributed by atoms with Gasteiger partial charge in [0.25, 0.3) is 0 Å². The van der Waals surface area contributed by atoms with E-state index in [1.165, 1.54) is 13.2 Å². The number of nitrogens with one attached hydrogen (secondary N) is 1. The quantitative estimate of drug-likeness (QED) is 0.0542. The highest BCUT2D eigenvalue weighted by Crippen LogP contribution is 2.40. The number of ether oxygens (including phenoxy) is 10. The maximum Gasteiger partial charge on any atom is 0.407 e. The minimum atomic E-state index is -1.70. The standard InChI is InChI=1S/C45H69NO15/c1-8-13-22-53-37-28(6)58-44(40(55-24-15-10-3)39(37)54-23-14-9-2)61-38-29(12-5)25-31(41(49)52-7)26-32(38)59-43-34(46-45(51)56-21-11-4)36(48)35(47)33(60-43)27-57-42(50)30-19-17-16-18-20-30/h11-12,16-20,28-29,31-40,43-44,47-48H,4-5,8-10,13-15,21-27H2,1-3,6-7H3,(H,46,51)/t28-,29?,31?,32+,33-,34?,35-,36?,37?,38?,39-,40-,43+,44?/m0/s1. The van der Waals surface area contributed by atoms with Gasteiger partial charge in [0.2, 0.25) is 0 Å². The van der Waals surface area contributed by atoms with Gasteiger partial charge in [0.05, 0.1) is 36.9 Å². The molecule has 0 spiro atoms. The van der Waals surface area contributed by atoms with Crippen molar-refractivity contribution in [2.75, 3.05) is 40.1 Å². The van der Waals surface area contributed by atoms with Crippen molar-refractivity contribution in [3.05, 3.63) is 61.2 Å². The number of carbonyl (C=O) groups excluding carboxylic acids is 3. The van der Waals surface area contributed by atoms with E-state index >= 15 is 0 Å². The van der Waals surface area contributed by atoms with E-state index in [1.807, 2.05) is 6.92 Å². The van der Waals surface area contributed by atoms with Crippen molar-refractivity contribution in [1.82, 2.24) is 5.32 Å². The molecule has 2 aliphatic heterocycles. The lowest BCUT2D eigenvalue weighted by Crippen LogP contribution is -2.66. The summed E-state index contributed by atoms with van der Waals surface area (Å²) in [6.07, 6.45) is -3.50. The van der Waals surface area contributed by atoms with E-state index in [1.54, 1.807) is 36.4 Å². The number of amides is 1. The van der Waals surface area contributed by atoms with Crippen molar-refractivity contribution in [2.45, 2.75) is 153 Å². The maximum absolute atomic E-state index is 13.2. The van der Waals surface area contributed by atoms with E-state index in [0.29, 0.717) is 26.2 Å². The van der Waals surface area contributed by atoms with Gasteiger partial charge in [0.15, 0.2) is 12.6 Å². The number of aliphatic hydroxyl groups excluding tert-OH is 2. The number of esters is 2. The predicted octanol–water partition coefficient (Wildman–Crippen LogP) is 5.03. The molecular formula is C45H69NO15. The van der Waals surface area contributed by atoms with Crippen molar-refractivity contribution in [3.63, 3.8) is 0 Å². The van der Waals surface area contributed by atoms with Gasteiger partial charge < -0.3 is 62.9 Å². The summed E-state index contributed by atoms with van der Waals surface area (Å²) in [5, 5.41) is 25.3. The number of hydrogen-bond donors (Lipinski definition) is 3. The Bertz CT molecular complexity index is 1480. The molecule has 4 rings (SSSR count). The average Bonchev–Trinajstić information content (AvgIpc) is 3.27. The summed E-state index contributed by atoms with van der Waals surface area (Å²) in [6, 6.07) is 6.83.